The van der Waals surface area contributed by atoms with Crippen molar-refractivity contribution in [3.63, 3.8) is 0 Å². The first-order valence-corrected chi connectivity index (χ1v) is 20.8. The molecule has 3 heterocycles. The Kier molecular flexibility index (Phi) is 13.6. The van der Waals surface area contributed by atoms with Gasteiger partial charge in [0.15, 0.2) is 0 Å². The van der Waals surface area contributed by atoms with Crippen LogP contribution < -0.4 is 0 Å². The van der Waals surface area contributed by atoms with E-state index in [9.17, 15) is 0 Å². The van der Waals surface area contributed by atoms with Gasteiger partial charge in [0.1, 0.15) is 0 Å². The van der Waals surface area contributed by atoms with Gasteiger partial charge in [-0.1, -0.05) is 122 Å². The van der Waals surface area contributed by atoms with Gasteiger partial charge in [-0.25, -0.2) is 0 Å². The molecule has 296 valence electrons. The predicted molar refractivity (Wildman–Crippen MR) is 245 cm³/mol. The molecular weight excluding hydrogens is 919 g/mol. The molecule has 0 bridgehead atoms. The molecule has 0 saturated heterocycles. The molecule has 0 atom stereocenters. The average molecular weight is 963 g/mol. The zero-order valence-corrected chi connectivity index (χ0v) is 36.3. The summed E-state index contributed by atoms with van der Waals surface area (Å²) >= 11 is 0. The van der Waals surface area contributed by atoms with Gasteiger partial charge in [-0.2, -0.15) is 0 Å². The third-order valence-corrected chi connectivity index (χ3v) is 11.1. The topological polar surface area (TPSA) is 38.7 Å². The van der Waals surface area contributed by atoms with Gasteiger partial charge >= 0.3 is 20.1 Å². The van der Waals surface area contributed by atoms with Gasteiger partial charge in [-0.15, -0.1) is 106 Å². The van der Waals surface area contributed by atoms with E-state index in [0.29, 0.717) is 0 Å². The molecule has 0 N–H and O–H groups in total. The quantitative estimate of drug-likeness (QED) is 0.102. The molecule has 6 aromatic carbocycles. The van der Waals surface area contributed by atoms with Crippen molar-refractivity contribution in [2.24, 2.45) is 0 Å². The van der Waals surface area contributed by atoms with Crippen LogP contribution in [0.1, 0.15) is 33.4 Å². The number of aromatic nitrogens is 3. The van der Waals surface area contributed by atoms with Crippen molar-refractivity contribution in [3.8, 4) is 56.0 Å². The molecule has 9 aromatic rings. The molecule has 3 aromatic heterocycles. The Morgan fingerprint density at radius 1 is 0.295 bits per heavy atom. The van der Waals surface area contributed by atoms with Crippen molar-refractivity contribution in [3.05, 3.63) is 246 Å². The van der Waals surface area contributed by atoms with Gasteiger partial charge in [0.2, 0.25) is 0 Å². The van der Waals surface area contributed by atoms with Crippen molar-refractivity contribution in [1.29, 1.82) is 0 Å². The van der Waals surface area contributed by atoms with E-state index >= 15 is 0 Å². The molecule has 0 spiro atoms. The van der Waals surface area contributed by atoms with Crippen LogP contribution in [0.2, 0.25) is 0 Å². The number of nitrogens with zero attached hydrogens (tertiary/aromatic N) is 3. The monoisotopic (exact) mass is 963 g/mol. The van der Waals surface area contributed by atoms with Gasteiger partial charge in [-0.05, 0) is 93.5 Å². The van der Waals surface area contributed by atoms with E-state index in [1.807, 2.05) is 61.1 Å². The van der Waals surface area contributed by atoms with Crippen LogP contribution in [-0.2, 0) is 58.6 Å². The smallest absolute Gasteiger partial charge is 0.305 e. The van der Waals surface area contributed by atoms with E-state index < -0.39 is 0 Å². The molecule has 0 fully saturated rings. The number of benzene rings is 6. The molecule has 3 nitrogen and oxygen atoms in total. The molecule has 0 aliphatic carbocycles. The fourth-order valence-corrected chi connectivity index (χ4v) is 7.74. The van der Waals surface area contributed by atoms with Crippen molar-refractivity contribution < 1.29 is 20.1 Å². The Morgan fingerprint density at radius 3 is 1.11 bits per heavy atom. The predicted octanol–water partition coefficient (Wildman–Crippen LogP) is 13.0. The van der Waals surface area contributed by atoms with Crippen LogP contribution in [0.4, 0.5) is 0 Å². The minimum absolute atomic E-state index is 0. The van der Waals surface area contributed by atoms with Gasteiger partial charge < -0.3 is 15.0 Å². The molecule has 9 rings (SSSR count). The Balaban J connectivity index is 0.00000514. The van der Waals surface area contributed by atoms with Crippen LogP contribution in [-0.4, -0.2) is 15.0 Å². The fraction of sp³-hybridized carbons (Fsp3) is 0.105. The second kappa shape index (κ2) is 20.1. The second-order valence-electron chi connectivity index (χ2n) is 15.3. The Hall–Kier alpha value is -6.58. The number of pyridine rings is 3. The molecular formula is C57H44IrN3. The summed E-state index contributed by atoms with van der Waals surface area (Å²) in [4.78, 5) is 13.7. The third-order valence-electron chi connectivity index (χ3n) is 11.1. The number of aryl methyl sites for hydroxylation is 6. The first-order valence-electron chi connectivity index (χ1n) is 20.8. The van der Waals surface area contributed by atoms with E-state index in [0.717, 1.165) is 77.9 Å². The van der Waals surface area contributed by atoms with Crippen molar-refractivity contribution in [1.82, 2.24) is 15.0 Å². The fourth-order valence-electron chi connectivity index (χ4n) is 7.74. The average Bonchev–Trinajstić information content (AvgIpc) is 3.33. The Labute approximate surface area is 373 Å². The van der Waals surface area contributed by atoms with E-state index in [1.54, 1.807) is 0 Å². The maximum absolute atomic E-state index is 4.72. The molecule has 0 aliphatic rings. The van der Waals surface area contributed by atoms with Crippen LogP contribution in [0.3, 0.4) is 0 Å². The van der Waals surface area contributed by atoms with Crippen molar-refractivity contribution in [2.45, 2.75) is 38.5 Å². The first kappa shape index (κ1) is 41.2. The van der Waals surface area contributed by atoms with E-state index in [1.165, 1.54) is 50.1 Å². The summed E-state index contributed by atoms with van der Waals surface area (Å²) in [6.07, 6.45) is 11.3. The summed E-state index contributed by atoms with van der Waals surface area (Å²) in [5, 5.41) is 0. The van der Waals surface area contributed by atoms with Crippen molar-refractivity contribution in [2.75, 3.05) is 0 Å². The summed E-state index contributed by atoms with van der Waals surface area (Å²) < 4.78 is 0. The van der Waals surface area contributed by atoms with Crippen LogP contribution >= 0.6 is 0 Å². The van der Waals surface area contributed by atoms with E-state index in [-0.39, 0.29) is 20.1 Å². The van der Waals surface area contributed by atoms with Crippen LogP contribution in [0.25, 0.3) is 56.0 Å². The number of hydrogen-bond donors (Lipinski definition) is 0. The van der Waals surface area contributed by atoms with Gasteiger partial charge in [-0.3, -0.25) is 0 Å². The standard InChI is InChI=1S/C57H44N3.Ir/c1-2-8-48(9-3-1)49-30-32-50(33-31-49)54-34-37-60-57(41-54)53-28-22-44(23-29-53)14-17-47-39-45(15-12-42-18-24-51(25-19-42)55-10-4-6-35-58-55)38-46(40-47)16-13-43-20-26-52(27-21-43)56-11-5-7-36-59-56;/h1-11,18-24,26,28,30-41H,12-17H2;/q-3;+3. The van der Waals surface area contributed by atoms with Gasteiger partial charge in [0, 0.05) is 18.6 Å². The summed E-state index contributed by atoms with van der Waals surface area (Å²) in [5.41, 5.74) is 18.6. The third kappa shape index (κ3) is 10.8. The minimum atomic E-state index is 0. The van der Waals surface area contributed by atoms with Gasteiger partial charge in [0.25, 0.3) is 0 Å². The maximum atomic E-state index is 4.72. The zero-order valence-electron chi connectivity index (χ0n) is 33.9. The molecule has 0 amide bonds. The van der Waals surface area contributed by atoms with Crippen LogP contribution in [0.15, 0.2) is 195 Å². The van der Waals surface area contributed by atoms with Crippen LogP contribution in [0, 0.1) is 18.2 Å². The molecule has 0 aliphatic heterocycles. The first-order chi connectivity index (χ1) is 29.7. The Bertz CT molecular complexity index is 2650. The molecule has 61 heavy (non-hydrogen) atoms. The zero-order chi connectivity index (χ0) is 40.4. The molecule has 4 heteroatoms. The normalized spacial score (nSPS) is 10.9. The Morgan fingerprint density at radius 2 is 0.689 bits per heavy atom. The summed E-state index contributed by atoms with van der Waals surface area (Å²) in [5.74, 6) is 0. The molecule has 0 saturated carbocycles. The SMILES string of the molecule is [Ir+3].[c-]1cc(CCc2cc(CCc3c[c-]c(-c4ccccn4)cc3)cc(CCc3c[c-]c(-c4cc(-c5ccc(-c6ccccc6)cc5)ccn4)cc3)c2)ccc1-c1ccccn1. The van der Waals surface area contributed by atoms with E-state index in [4.69, 9.17) is 4.98 Å². The molecule has 0 radical (unpaired) electrons. The maximum Gasteiger partial charge on any atom is 3.00 e. The summed E-state index contributed by atoms with van der Waals surface area (Å²) in [7, 11) is 0. The largest absolute Gasteiger partial charge is 3.00 e. The summed E-state index contributed by atoms with van der Waals surface area (Å²) in [6.45, 7) is 0. The number of rotatable bonds is 14. The molecule has 0 unspecified atom stereocenters. The van der Waals surface area contributed by atoms with Gasteiger partial charge in [0.05, 0.1) is 0 Å². The van der Waals surface area contributed by atoms with Crippen LogP contribution in [0.5, 0.6) is 0 Å². The second-order valence-corrected chi connectivity index (χ2v) is 15.3. The summed E-state index contributed by atoms with van der Waals surface area (Å²) in [6, 6.07) is 72.6. The number of hydrogen-bond acceptors (Lipinski definition) is 3. The minimum Gasteiger partial charge on any atom is -0.305 e. The van der Waals surface area contributed by atoms with E-state index in [2.05, 4.69) is 162 Å². The van der Waals surface area contributed by atoms with Crippen molar-refractivity contribution >= 4 is 0 Å².